The molecule has 0 saturated heterocycles. The van der Waals surface area contributed by atoms with Crippen LogP contribution < -0.4 is 11.1 Å². The summed E-state index contributed by atoms with van der Waals surface area (Å²) in [5.41, 5.74) is 6.47. The molecular weight excluding hydrogens is 382 g/mol. The fourth-order valence-corrected chi connectivity index (χ4v) is 3.18. The lowest BCUT2D eigenvalue weighted by Crippen LogP contribution is -2.51. The van der Waals surface area contributed by atoms with Gasteiger partial charge >= 0.3 is 6.03 Å². The van der Waals surface area contributed by atoms with E-state index in [-0.39, 0.29) is 23.6 Å². The van der Waals surface area contributed by atoms with Gasteiger partial charge in [-0.15, -0.1) is 0 Å². The molecule has 3 N–H and O–H groups in total. The zero-order valence-corrected chi connectivity index (χ0v) is 15.3. The van der Waals surface area contributed by atoms with Crippen molar-refractivity contribution in [2.75, 3.05) is 0 Å². The van der Waals surface area contributed by atoms with E-state index in [1.165, 1.54) is 24.3 Å². The molecule has 0 radical (unpaired) electrons. The number of nitrogens with one attached hydrogen (secondary N) is 1. The summed E-state index contributed by atoms with van der Waals surface area (Å²) >= 11 is 5.87. The van der Waals surface area contributed by atoms with Gasteiger partial charge < -0.3 is 5.73 Å². The molecule has 2 atom stereocenters. The number of nitrogens with two attached hydrogens (primary N) is 1. The van der Waals surface area contributed by atoms with E-state index in [4.69, 9.17) is 17.3 Å². The van der Waals surface area contributed by atoms with E-state index in [1.807, 2.05) is 5.32 Å². The first-order valence-electron chi connectivity index (χ1n) is 8.43. The number of rotatable bonds is 6. The average Bonchev–Trinajstić information content (AvgIpc) is 2.67. The molecule has 1 heterocycles. The molecule has 3 amide bonds. The maximum atomic E-state index is 13.1. The van der Waals surface area contributed by atoms with Gasteiger partial charge in [-0.05, 0) is 24.3 Å². The Bertz CT molecular complexity index is 971. The van der Waals surface area contributed by atoms with Crippen molar-refractivity contribution in [2.45, 2.75) is 6.42 Å². The molecule has 142 valence electrons. The highest BCUT2D eigenvalue weighted by molar-refractivity contribution is 6.30. The highest BCUT2D eigenvalue weighted by Crippen LogP contribution is 2.26. The van der Waals surface area contributed by atoms with Crippen LogP contribution in [0, 0.1) is 11.8 Å². The van der Waals surface area contributed by atoms with Crippen molar-refractivity contribution in [2.24, 2.45) is 22.6 Å². The second-order valence-electron chi connectivity index (χ2n) is 6.28. The fourth-order valence-electron chi connectivity index (χ4n) is 3.05. The second kappa shape index (κ2) is 8.14. The van der Waals surface area contributed by atoms with Crippen molar-refractivity contribution in [3.05, 3.63) is 70.7 Å². The van der Waals surface area contributed by atoms with E-state index in [0.29, 0.717) is 10.6 Å². The van der Waals surface area contributed by atoms with E-state index < -0.39 is 29.6 Å². The quantitative estimate of drug-likeness (QED) is 0.726. The lowest BCUT2D eigenvalue weighted by atomic mass is 9.79. The lowest BCUT2D eigenvalue weighted by molar-refractivity contribution is -0.123. The number of hydrogen-bond acceptors (Lipinski definition) is 5. The molecule has 0 aliphatic carbocycles. The van der Waals surface area contributed by atoms with Crippen LogP contribution >= 0.6 is 11.6 Å². The molecule has 0 spiro atoms. The number of aliphatic imine (C=N–C) groups is 1. The van der Waals surface area contributed by atoms with E-state index in [2.05, 4.69) is 4.99 Å². The Morgan fingerprint density at radius 1 is 1.04 bits per heavy atom. The first kappa shape index (κ1) is 19.4. The number of carbonyl (C=O) groups is 4. The van der Waals surface area contributed by atoms with Crippen molar-refractivity contribution in [3.63, 3.8) is 0 Å². The Morgan fingerprint density at radius 2 is 1.68 bits per heavy atom. The Kier molecular flexibility index (Phi) is 5.65. The van der Waals surface area contributed by atoms with Crippen molar-refractivity contribution in [1.82, 2.24) is 5.32 Å². The van der Waals surface area contributed by atoms with Crippen LogP contribution in [-0.2, 0) is 4.79 Å². The lowest BCUT2D eigenvalue weighted by Gasteiger charge is -2.26. The Hall–Kier alpha value is -3.32. The minimum absolute atomic E-state index is 0.270. The van der Waals surface area contributed by atoms with E-state index in [9.17, 15) is 19.2 Å². The Labute approximate surface area is 165 Å². The Balaban J connectivity index is 1.98. The molecule has 28 heavy (non-hydrogen) atoms. The smallest absolute Gasteiger partial charge is 0.349 e. The molecule has 3 rings (SSSR count). The number of halogens is 1. The molecule has 7 nitrogen and oxygen atoms in total. The zero-order chi connectivity index (χ0) is 20.3. The zero-order valence-electron chi connectivity index (χ0n) is 14.6. The van der Waals surface area contributed by atoms with Crippen LogP contribution in [0.3, 0.4) is 0 Å². The average molecular weight is 398 g/mol. The number of carbonyl (C=O) groups excluding carboxylic acids is 4. The van der Waals surface area contributed by atoms with Crippen molar-refractivity contribution in [1.29, 1.82) is 0 Å². The molecule has 0 bridgehead atoms. The third kappa shape index (κ3) is 4.15. The van der Waals surface area contributed by atoms with Gasteiger partial charge in [-0.25, -0.2) is 4.79 Å². The SMILES string of the molecule is NC1=NC(=O)NC(=O)C1C(CC(=O)c1ccccc1)C(=O)c1ccc(Cl)cc1. The third-order valence-corrected chi connectivity index (χ3v) is 4.68. The van der Waals surface area contributed by atoms with Gasteiger partial charge in [0.05, 0.1) is 0 Å². The van der Waals surface area contributed by atoms with Crippen LogP contribution in [0.5, 0.6) is 0 Å². The Morgan fingerprint density at radius 3 is 2.29 bits per heavy atom. The number of ketones is 2. The second-order valence-corrected chi connectivity index (χ2v) is 6.72. The highest BCUT2D eigenvalue weighted by Gasteiger charge is 2.41. The summed E-state index contributed by atoms with van der Waals surface area (Å²) in [5.74, 6) is -4.19. The first-order chi connectivity index (χ1) is 13.4. The fraction of sp³-hybridized carbons (Fsp3) is 0.150. The number of nitrogens with zero attached hydrogens (tertiary/aromatic N) is 1. The number of amides is 3. The molecule has 1 aliphatic heterocycles. The first-order valence-corrected chi connectivity index (χ1v) is 8.81. The number of Topliss-reactive ketones (excluding diaryl/α,β-unsaturated/α-hetero) is 2. The molecule has 1 aliphatic rings. The number of imide groups is 1. The number of hydrogen-bond donors (Lipinski definition) is 2. The molecule has 2 aromatic carbocycles. The molecule has 0 saturated carbocycles. The summed E-state index contributed by atoms with van der Waals surface area (Å²) in [6.45, 7) is 0. The van der Waals surface area contributed by atoms with Gasteiger partial charge in [0.15, 0.2) is 11.6 Å². The highest BCUT2D eigenvalue weighted by atomic mass is 35.5. The number of benzene rings is 2. The van der Waals surface area contributed by atoms with Crippen LogP contribution in [0.25, 0.3) is 0 Å². The number of amidine groups is 1. The molecule has 8 heteroatoms. The van der Waals surface area contributed by atoms with Gasteiger partial charge in [-0.3, -0.25) is 19.7 Å². The number of urea groups is 1. The molecule has 0 aromatic heterocycles. The maximum absolute atomic E-state index is 13.1. The summed E-state index contributed by atoms with van der Waals surface area (Å²) in [5, 5.41) is 2.48. The van der Waals surface area contributed by atoms with Gasteiger partial charge in [0.2, 0.25) is 5.91 Å². The normalized spacial score (nSPS) is 17.5. The molecule has 0 fully saturated rings. The topological polar surface area (TPSA) is 119 Å². The minimum Gasteiger partial charge on any atom is -0.386 e. The minimum atomic E-state index is -1.23. The van der Waals surface area contributed by atoms with Crippen LogP contribution in [-0.4, -0.2) is 29.3 Å². The van der Waals surface area contributed by atoms with E-state index >= 15 is 0 Å². The van der Waals surface area contributed by atoms with Crippen LogP contribution in [0.4, 0.5) is 4.79 Å². The largest absolute Gasteiger partial charge is 0.386 e. The predicted molar refractivity (Wildman–Crippen MR) is 103 cm³/mol. The summed E-state index contributed by atoms with van der Waals surface area (Å²) in [6.07, 6.45) is -0.270. The van der Waals surface area contributed by atoms with Crippen molar-refractivity contribution >= 4 is 40.9 Å². The summed E-state index contributed by atoms with van der Waals surface area (Å²) < 4.78 is 0. The predicted octanol–water partition coefficient (Wildman–Crippen LogP) is 2.64. The van der Waals surface area contributed by atoms with Crippen LogP contribution in [0.15, 0.2) is 59.6 Å². The van der Waals surface area contributed by atoms with Crippen LogP contribution in [0.2, 0.25) is 5.02 Å². The van der Waals surface area contributed by atoms with Crippen molar-refractivity contribution in [3.8, 4) is 0 Å². The molecular formula is C20H16ClN3O4. The summed E-state index contributed by atoms with van der Waals surface area (Å²) in [6, 6.07) is 13.6. The third-order valence-electron chi connectivity index (χ3n) is 4.43. The molecule has 2 aromatic rings. The van der Waals surface area contributed by atoms with E-state index in [0.717, 1.165) is 0 Å². The monoisotopic (exact) mass is 397 g/mol. The van der Waals surface area contributed by atoms with Gasteiger partial charge in [0, 0.05) is 28.5 Å². The van der Waals surface area contributed by atoms with Gasteiger partial charge in [-0.1, -0.05) is 41.9 Å². The van der Waals surface area contributed by atoms with Crippen LogP contribution in [0.1, 0.15) is 27.1 Å². The summed E-state index contributed by atoms with van der Waals surface area (Å²) in [4.78, 5) is 53.2. The van der Waals surface area contributed by atoms with Crippen molar-refractivity contribution < 1.29 is 19.2 Å². The van der Waals surface area contributed by atoms with Gasteiger partial charge in [0.1, 0.15) is 11.8 Å². The van der Waals surface area contributed by atoms with E-state index in [1.54, 1.807) is 30.3 Å². The molecule has 2 unspecified atom stereocenters. The summed E-state index contributed by atoms with van der Waals surface area (Å²) in [7, 11) is 0. The maximum Gasteiger partial charge on any atom is 0.349 e. The standard InChI is InChI=1S/C20H16ClN3O4/c21-13-8-6-12(7-9-13)17(26)14(10-15(25)11-4-2-1-3-5-11)16-18(22)23-20(28)24-19(16)27/h1-9,14,16H,10H2,(H3,22,23,24,27,28). The van der Waals surface area contributed by atoms with Gasteiger partial charge in [0.25, 0.3) is 0 Å². The van der Waals surface area contributed by atoms with Gasteiger partial charge in [-0.2, -0.15) is 4.99 Å².